The molecule has 0 aliphatic rings. The van der Waals surface area contributed by atoms with Crippen molar-refractivity contribution in [3.05, 3.63) is 42.5 Å². The van der Waals surface area contributed by atoms with Gasteiger partial charge >= 0.3 is 0 Å². The molecule has 5 nitrogen and oxygen atoms in total. The first-order valence-electron chi connectivity index (χ1n) is 21.7. The largest absolute Gasteiger partial charge is 0.497 e. The van der Waals surface area contributed by atoms with Crippen molar-refractivity contribution >= 4 is 25.0 Å². The molecule has 0 unspecified atom stereocenters. The van der Waals surface area contributed by atoms with E-state index in [2.05, 4.69) is 156 Å². The number of hydrogen-bond donors (Lipinski definition) is 0. The van der Waals surface area contributed by atoms with Crippen molar-refractivity contribution in [2.75, 3.05) is 13.7 Å². The van der Waals surface area contributed by atoms with E-state index < -0.39 is 25.0 Å². The predicted octanol–water partition coefficient (Wildman–Crippen LogP) is 14.7. The Morgan fingerprint density at radius 3 is 1.50 bits per heavy atom. The highest BCUT2D eigenvalue weighted by Gasteiger charge is 2.50. The third kappa shape index (κ3) is 13.4. The van der Waals surface area contributed by atoms with Crippen LogP contribution in [0.4, 0.5) is 0 Å². The van der Waals surface area contributed by atoms with E-state index in [1.54, 1.807) is 7.11 Å². The Bertz CT molecular complexity index is 1140. The van der Waals surface area contributed by atoms with Crippen molar-refractivity contribution in [2.45, 2.75) is 220 Å². The third-order valence-corrected chi connectivity index (χ3v) is 30.2. The van der Waals surface area contributed by atoms with Crippen LogP contribution in [0.25, 0.3) is 0 Å². The number of rotatable bonds is 26. The van der Waals surface area contributed by atoms with Crippen LogP contribution in [-0.4, -0.2) is 57.0 Å². The Morgan fingerprint density at radius 2 is 1.13 bits per heavy atom. The molecular formula is C46H90O5Si3. The minimum absolute atomic E-state index is 0.0184. The summed E-state index contributed by atoms with van der Waals surface area (Å²) in [6.45, 7) is 50.7. The summed E-state index contributed by atoms with van der Waals surface area (Å²) in [6, 6.07) is 8.24. The lowest BCUT2D eigenvalue weighted by Gasteiger charge is -2.48. The maximum Gasteiger partial charge on any atom is 0.200 e. The van der Waals surface area contributed by atoms with Crippen molar-refractivity contribution < 1.29 is 22.8 Å². The summed E-state index contributed by atoms with van der Waals surface area (Å²) in [4.78, 5) is 0. The molecule has 0 spiro atoms. The van der Waals surface area contributed by atoms with Crippen molar-refractivity contribution in [1.82, 2.24) is 0 Å². The monoisotopic (exact) mass is 807 g/mol. The van der Waals surface area contributed by atoms with Crippen molar-refractivity contribution in [3.63, 3.8) is 0 Å². The standard InChI is InChI=1S/C46H90O5Si3/c1-22-41(23-2)45(48-31-40-25-28-42(47-19)29-26-40)39(15)24-27-43(50-53(33(3)4,34(5)6)35(7)8)30-44(32-49-52(20,21)46(16,17)18)51-54(36(9)10,37(11)12)38(13)14/h22,25-26,28-29,33-39,41,43-45H,1,23-24,27,30-32H2,2-21H3/t39-,41+,43-,44+,45-/m1/s1. The lowest BCUT2D eigenvalue weighted by Crippen LogP contribution is -2.54. The maximum absolute atomic E-state index is 7.80. The third-order valence-electron chi connectivity index (χ3n) is 13.4. The van der Waals surface area contributed by atoms with Crippen molar-refractivity contribution in [3.8, 4) is 5.75 Å². The maximum atomic E-state index is 7.80. The second-order valence-corrected chi connectivity index (χ2v) is 35.5. The van der Waals surface area contributed by atoms with Crippen LogP contribution in [0.15, 0.2) is 36.9 Å². The highest BCUT2D eigenvalue weighted by molar-refractivity contribution is 6.78. The molecule has 1 aromatic carbocycles. The van der Waals surface area contributed by atoms with Crippen LogP contribution < -0.4 is 4.74 Å². The minimum atomic E-state index is -2.21. The molecule has 316 valence electrons. The summed E-state index contributed by atoms with van der Waals surface area (Å²) in [6.07, 6.45) is 6.06. The van der Waals surface area contributed by atoms with Crippen molar-refractivity contribution in [1.29, 1.82) is 0 Å². The molecule has 0 aromatic heterocycles. The highest BCUT2D eigenvalue weighted by atomic mass is 28.4. The Labute approximate surface area is 339 Å². The zero-order chi connectivity index (χ0) is 41.8. The second kappa shape index (κ2) is 22.4. The molecule has 0 saturated heterocycles. The van der Waals surface area contributed by atoms with E-state index in [9.17, 15) is 0 Å². The zero-order valence-corrected chi connectivity index (χ0v) is 42.2. The summed E-state index contributed by atoms with van der Waals surface area (Å²) in [5, 5.41) is 0.127. The van der Waals surface area contributed by atoms with Crippen LogP contribution in [0.1, 0.15) is 149 Å². The fourth-order valence-corrected chi connectivity index (χ4v) is 21.6. The first kappa shape index (κ1) is 51.3. The Balaban J connectivity index is 3.71. The molecule has 1 aromatic rings. The van der Waals surface area contributed by atoms with E-state index in [-0.39, 0.29) is 29.3 Å². The number of ether oxygens (including phenoxy) is 2. The Kier molecular flexibility index (Phi) is 21.3. The average molecular weight is 807 g/mol. The first-order valence-corrected chi connectivity index (χ1v) is 28.9. The van der Waals surface area contributed by atoms with Crippen LogP contribution in [0.5, 0.6) is 5.75 Å². The number of methoxy groups -OCH3 is 1. The molecule has 5 atom stereocenters. The fraction of sp³-hybridized carbons (Fsp3) is 0.826. The van der Waals surface area contributed by atoms with Crippen LogP contribution in [0.2, 0.25) is 51.4 Å². The van der Waals surface area contributed by atoms with Gasteiger partial charge in [0.25, 0.3) is 0 Å². The summed E-state index contributed by atoms with van der Waals surface area (Å²) < 4.78 is 34.8. The molecule has 0 amide bonds. The second-order valence-electron chi connectivity index (χ2n) is 19.9. The minimum Gasteiger partial charge on any atom is -0.497 e. The van der Waals surface area contributed by atoms with Gasteiger partial charge < -0.3 is 22.8 Å². The van der Waals surface area contributed by atoms with Crippen LogP contribution in [0, 0.1) is 11.8 Å². The van der Waals surface area contributed by atoms with E-state index in [1.807, 2.05) is 12.1 Å². The molecule has 0 heterocycles. The summed E-state index contributed by atoms with van der Waals surface area (Å²) in [7, 11) is -4.73. The topological polar surface area (TPSA) is 46.2 Å². The van der Waals surface area contributed by atoms with Gasteiger partial charge in [-0.15, -0.1) is 6.58 Å². The van der Waals surface area contributed by atoms with E-state index in [0.29, 0.717) is 52.4 Å². The summed E-state index contributed by atoms with van der Waals surface area (Å²) in [5.41, 5.74) is 4.15. The fourth-order valence-electron chi connectivity index (χ4n) is 9.35. The lowest BCUT2D eigenvalue weighted by molar-refractivity contribution is -0.0279. The number of hydrogen-bond acceptors (Lipinski definition) is 5. The normalized spacial score (nSPS) is 16.5. The van der Waals surface area contributed by atoms with Gasteiger partial charge in [-0.2, -0.15) is 0 Å². The van der Waals surface area contributed by atoms with Gasteiger partial charge in [-0.3, -0.25) is 0 Å². The van der Waals surface area contributed by atoms with Crippen LogP contribution >= 0.6 is 0 Å². The van der Waals surface area contributed by atoms with E-state index in [1.165, 1.54) is 0 Å². The molecule has 1 rings (SSSR count). The molecule has 0 fully saturated rings. The van der Waals surface area contributed by atoms with E-state index in [0.717, 1.165) is 37.0 Å². The van der Waals surface area contributed by atoms with Crippen LogP contribution in [0.3, 0.4) is 0 Å². The molecule has 0 N–H and O–H groups in total. The van der Waals surface area contributed by atoms with Gasteiger partial charge in [0, 0.05) is 12.0 Å². The van der Waals surface area contributed by atoms with Gasteiger partial charge in [0.05, 0.1) is 32.5 Å². The molecule has 0 bridgehead atoms. The highest BCUT2D eigenvalue weighted by Crippen LogP contribution is 2.47. The van der Waals surface area contributed by atoms with Crippen molar-refractivity contribution in [2.24, 2.45) is 11.8 Å². The average Bonchev–Trinajstić information content (AvgIpc) is 3.07. The SMILES string of the molecule is C=C[C@@H](CC)[C@H](OCc1ccc(OC)cc1)[C@H](C)CC[C@H](C[C@@H](CO[Si](C)(C)C(C)(C)C)O[Si](C(C)C)(C(C)C)C(C)C)O[Si](C(C)C)(C(C)C)C(C)C. The van der Waals surface area contributed by atoms with Gasteiger partial charge in [0.2, 0.25) is 16.6 Å². The molecular weight excluding hydrogens is 717 g/mol. The first-order chi connectivity index (χ1) is 24.9. The van der Waals surface area contributed by atoms with Gasteiger partial charge in [-0.25, -0.2) is 0 Å². The molecule has 8 heteroatoms. The molecule has 0 aliphatic carbocycles. The smallest absolute Gasteiger partial charge is 0.200 e. The Hall–Kier alpha value is -0.749. The quantitative estimate of drug-likeness (QED) is 0.0689. The summed E-state index contributed by atoms with van der Waals surface area (Å²) >= 11 is 0. The number of benzene rings is 1. The molecule has 54 heavy (non-hydrogen) atoms. The van der Waals surface area contributed by atoms with Gasteiger partial charge in [0.15, 0.2) is 8.32 Å². The van der Waals surface area contributed by atoms with Gasteiger partial charge in [0.1, 0.15) is 5.75 Å². The molecule has 0 radical (unpaired) electrons. The Morgan fingerprint density at radius 1 is 0.685 bits per heavy atom. The predicted molar refractivity (Wildman–Crippen MR) is 244 cm³/mol. The lowest BCUT2D eigenvalue weighted by atomic mass is 9.86. The molecule has 0 aliphatic heterocycles. The van der Waals surface area contributed by atoms with E-state index in [4.69, 9.17) is 22.8 Å². The molecule has 0 saturated carbocycles. The zero-order valence-electron chi connectivity index (χ0n) is 39.2. The summed E-state index contributed by atoms with van der Waals surface area (Å²) in [5.74, 6) is 1.46. The van der Waals surface area contributed by atoms with Crippen LogP contribution in [-0.2, 0) is 24.6 Å². The van der Waals surface area contributed by atoms with Gasteiger partial charge in [-0.05, 0) is 101 Å². The van der Waals surface area contributed by atoms with Gasteiger partial charge in [-0.1, -0.05) is 136 Å². The van der Waals surface area contributed by atoms with E-state index >= 15 is 0 Å².